The van der Waals surface area contributed by atoms with E-state index in [9.17, 15) is 4.79 Å². The minimum absolute atomic E-state index is 0.104. The molecule has 2 heterocycles. The van der Waals surface area contributed by atoms with Crippen LogP contribution in [0.5, 0.6) is 5.75 Å². The van der Waals surface area contributed by atoms with Crippen LogP contribution in [-0.2, 0) is 9.53 Å². The highest BCUT2D eigenvalue weighted by Gasteiger charge is 2.33. The first kappa shape index (κ1) is 12.5. The van der Waals surface area contributed by atoms with Crippen molar-refractivity contribution in [2.75, 3.05) is 19.7 Å². The Morgan fingerprint density at radius 3 is 2.84 bits per heavy atom. The molecule has 0 N–H and O–H groups in total. The van der Waals surface area contributed by atoms with Crippen molar-refractivity contribution in [3.8, 4) is 5.75 Å². The first-order valence-corrected chi connectivity index (χ1v) is 6.95. The molecule has 0 spiro atoms. The van der Waals surface area contributed by atoms with E-state index in [1.54, 1.807) is 0 Å². The summed E-state index contributed by atoms with van der Waals surface area (Å²) in [7, 11) is 0. The van der Waals surface area contributed by atoms with Gasteiger partial charge in [-0.1, -0.05) is 18.2 Å². The van der Waals surface area contributed by atoms with Gasteiger partial charge < -0.3 is 14.4 Å². The van der Waals surface area contributed by atoms with Crippen LogP contribution in [0.25, 0.3) is 0 Å². The van der Waals surface area contributed by atoms with E-state index in [1.165, 1.54) is 0 Å². The second kappa shape index (κ2) is 5.61. The molecule has 3 rings (SSSR count). The number of likely N-dealkylation sites (tertiary alicyclic amines) is 1. The van der Waals surface area contributed by atoms with Crippen LogP contribution >= 0.6 is 0 Å². The van der Waals surface area contributed by atoms with Gasteiger partial charge in [0.2, 0.25) is 0 Å². The van der Waals surface area contributed by atoms with Crippen LogP contribution in [0.2, 0.25) is 0 Å². The Morgan fingerprint density at radius 1 is 1.26 bits per heavy atom. The van der Waals surface area contributed by atoms with E-state index in [2.05, 4.69) is 0 Å². The van der Waals surface area contributed by atoms with Crippen LogP contribution in [0.4, 0.5) is 0 Å². The number of carbonyl (C=O) groups is 1. The molecule has 2 aliphatic heterocycles. The summed E-state index contributed by atoms with van der Waals surface area (Å²) in [6.45, 7) is 2.16. The van der Waals surface area contributed by atoms with Crippen LogP contribution in [0.1, 0.15) is 19.3 Å². The maximum atomic E-state index is 12.2. The van der Waals surface area contributed by atoms with E-state index in [-0.39, 0.29) is 18.1 Å². The van der Waals surface area contributed by atoms with E-state index in [1.807, 2.05) is 35.2 Å². The summed E-state index contributed by atoms with van der Waals surface area (Å²) in [6, 6.07) is 9.78. The molecule has 2 fully saturated rings. The molecular formula is C15H19NO3. The minimum Gasteiger partial charge on any atom is -0.489 e. The summed E-state index contributed by atoms with van der Waals surface area (Å²) in [6.07, 6.45) is 2.64. The number of rotatable bonds is 3. The van der Waals surface area contributed by atoms with E-state index in [4.69, 9.17) is 9.47 Å². The zero-order valence-electron chi connectivity index (χ0n) is 11.0. The lowest BCUT2D eigenvalue weighted by Gasteiger charge is -2.20. The topological polar surface area (TPSA) is 38.8 Å². The normalized spacial score (nSPS) is 26.6. The number of hydrogen-bond acceptors (Lipinski definition) is 3. The van der Waals surface area contributed by atoms with Gasteiger partial charge in [-0.05, 0) is 25.0 Å². The molecular weight excluding hydrogens is 242 g/mol. The lowest BCUT2D eigenvalue weighted by Crippen LogP contribution is -2.38. The van der Waals surface area contributed by atoms with Crippen molar-refractivity contribution in [3.05, 3.63) is 30.3 Å². The van der Waals surface area contributed by atoms with Gasteiger partial charge in [-0.15, -0.1) is 0 Å². The molecule has 2 saturated heterocycles. The van der Waals surface area contributed by atoms with Gasteiger partial charge >= 0.3 is 0 Å². The number of para-hydroxylation sites is 1. The summed E-state index contributed by atoms with van der Waals surface area (Å²) >= 11 is 0. The second-order valence-corrected chi connectivity index (χ2v) is 5.13. The fourth-order valence-electron chi connectivity index (χ4n) is 2.69. The van der Waals surface area contributed by atoms with Gasteiger partial charge in [0.15, 0.2) is 0 Å². The average Bonchev–Trinajstić information content (AvgIpc) is 3.10. The predicted octanol–water partition coefficient (Wildman–Crippen LogP) is 1.85. The number of nitrogens with zero attached hydrogens (tertiary/aromatic N) is 1. The van der Waals surface area contributed by atoms with Crippen molar-refractivity contribution in [2.45, 2.75) is 31.5 Å². The van der Waals surface area contributed by atoms with Crippen molar-refractivity contribution in [1.29, 1.82) is 0 Å². The molecule has 1 amide bonds. The van der Waals surface area contributed by atoms with Crippen LogP contribution in [0, 0.1) is 0 Å². The van der Waals surface area contributed by atoms with E-state index < -0.39 is 0 Å². The number of benzene rings is 1. The Bertz CT molecular complexity index is 428. The molecule has 0 radical (unpaired) electrons. The first-order chi connectivity index (χ1) is 9.33. The Morgan fingerprint density at radius 2 is 2.11 bits per heavy atom. The maximum Gasteiger partial charge on any atom is 0.251 e. The summed E-state index contributed by atoms with van der Waals surface area (Å²) in [5.41, 5.74) is 0. The third kappa shape index (κ3) is 2.89. The molecule has 0 aromatic heterocycles. The van der Waals surface area contributed by atoms with Gasteiger partial charge in [0, 0.05) is 19.6 Å². The first-order valence-electron chi connectivity index (χ1n) is 6.95. The molecule has 0 saturated carbocycles. The van der Waals surface area contributed by atoms with Crippen LogP contribution in [-0.4, -0.2) is 42.7 Å². The number of hydrogen-bond donors (Lipinski definition) is 0. The molecule has 2 atom stereocenters. The average molecular weight is 261 g/mol. The van der Waals surface area contributed by atoms with E-state index >= 15 is 0 Å². The van der Waals surface area contributed by atoms with Crippen molar-refractivity contribution in [3.63, 3.8) is 0 Å². The summed E-state index contributed by atoms with van der Waals surface area (Å²) in [5, 5.41) is 0. The number of carbonyl (C=O) groups excluding carboxylic acids is 1. The molecule has 1 aromatic rings. The zero-order chi connectivity index (χ0) is 13.1. The molecule has 0 aliphatic carbocycles. The standard InChI is InChI=1S/C15H19NO3/c17-15(14-7-4-10-18-14)16-9-8-13(11-16)19-12-5-2-1-3-6-12/h1-3,5-6,13-14H,4,7-11H2/t13-,14-/m1/s1. The van der Waals surface area contributed by atoms with Crippen LogP contribution < -0.4 is 4.74 Å². The van der Waals surface area contributed by atoms with Crippen LogP contribution in [0.3, 0.4) is 0 Å². The third-order valence-electron chi connectivity index (χ3n) is 3.71. The fraction of sp³-hybridized carbons (Fsp3) is 0.533. The highest BCUT2D eigenvalue weighted by molar-refractivity contribution is 5.81. The van der Waals surface area contributed by atoms with E-state index in [0.717, 1.165) is 31.6 Å². The van der Waals surface area contributed by atoms with Gasteiger partial charge in [0.1, 0.15) is 18.0 Å². The second-order valence-electron chi connectivity index (χ2n) is 5.13. The quantitative estimate of drug-likeness (QED) is 0.833. The van der Waals surface area contributed by atoms with Gasteiger partial charge in [-0.25, -0.2) is 0 Å². The summed E-state index contributed by atoms with van der Waals surface area (Å²) < 4.78 is 11.3. The molecule has 19 heavy (non-hydrogen) atoms. The molecule has 1 aromatic carbocycles. The molecule has 4 nitrogen and oxygen atoms in total. The highest BCUT2D eigenvalue weighted by Crippen LogP contribution is 2.21. The van der Waals surface area contributed by atoms with Crippen molar-refractivity contribution in [2.24, 2.45) is 0 Å². The molecule has 0 unspecified atom stereocenters. The third-order valence-corrected chi connectivity index (χ3v) is 3.71. The lowest BCUT2D eigenvalue weighted by atomic mass is 10.2. The smallest absolute Gasteiger partial charge is 0.251 e. The number of amides is 1. The fourth-order valence-corrected chi connectivity index (χ4v) is 2.69. The minimum atomic E-state index is -0.213. The molecule has 102 valence electrons. The Balaban J connectivity index is 1.53. The predicted molar refractivity (Wildman–Crippen MR) is 71.0 cm³/mol. The number of ether oxygens (including phenoxy) is 2. The van der Waals surface area contributed by atoms with Crippen molar-refractivity contribution in [1.82, 2.24) is 4.90 Å². The van der Waals surface area contributed by atoms with Crippen molar-refractivity contribution >= 4 is 5.91 Å². The summed E-state index contributed by atoms with van der Waals surface area (Å²) in [4.78, 5) is 14.1. The SMILES string of the molecule is O=C([C@H]1CCCO1)N1CC[C@@H](Oc2ccccc2)C1. The maximum absolute atomic E-state index is 12.2. The Kier molecular flexibility index (Phi) is 3.69. The lowest BCUT2D eigenvalue weighted by molar-refractivity contribution is -0.140. The van der Waals surface area contributed by atoms with Gasteiger partial charge in [0.05, 0.1) is 6.54 Å². The Hall–Kier alpha value is -1.55. The molecule has 4 heteroatoms. The van der Waals surface area contributed by atoms with Crippen molar-refractivity contribution < 1.29 is 14.3 Å². The highest BCUT2D eigenvalue weighted by atomic mass is 16.5. The monoisotopic (exact) mass is 261 g/mol. The van der Waals surface area contributed by atoms with Crippen LogP contribution in [0.15, 0.2) is 30.3 Å². The molecule has 2 aliphatic rings. The van der Waals surface area contributed by atoms with Gasteiger partial charge in [0.25, 0.3) is 5.91 Å². The summed E-state index contributed by atoms with van der Waals surface area (Å²) in [5.74, 6) is 1.01. The molecule has 0 bridgehead atoms. The van der Waals surface area contributed by atoms with Gasteiger partial charge in [-0.2, -0.15) is 0 Å². The Labute approximate surface area is 113 Å². The van der Waals surface area contributed by atoms with E-state index in [0.29, 0.717) is 13.2 Å². The van der Waals surface area contributed by atoms with Gasteiger partial charge in [-0.3, -0.25) is 4.79 Å². The zero-order valence-corrected chi connectivity index (χ0v) is 11.0. The largest absolute Gasteiger partial charge is 0.489 e.